The summed E-state index contributed by atoms with van der Waals surface area (Å²) in [7, 11) is 1.47. The van der Waals surface area contributed by atoms with E-state index in [2.05, 4.69) is 49.9 Å². The van der Waals surface area contributed by atoms with Crippen molar-refractivity contribution < 1.29 is 9.53 Å². The molecular formula is C20H31NO2. The zero-order chi connectivity index (χ0) is 16.9. The molecule has 0 spiro atoms. The van der Waals surface area contributed by atoms with E-state index in [9.17, 15) is 4.79 Å². The maximum absolute atomic E-state index is 11.2. The Morgan fingerprint density at radius 2 is 1.78 bits per heavy atom. The van der Waals surface area contributed by atoms with Gasteiger partial charge in [-0.3, -0.25) is 9.69 Å². The van der Waals surface area contributed by atoms with Gasteiger partial charge < -0.3 is 4.74 Å². The SMILES string of the molecule is COC(=O)CCC1CCN(Cc2ccc(C(C)(C)C)cc2)CC1. The van der Waals surface area contributed by atoms with Gasteiger partial charge in [-0.15, -0.1) is 0 Å². The van der Waals surface area contributed by atoms with Gasteiger partial charge in [0.25, 0.3) is 0 Å². The van der Waals surface area contributed by atoms with E-state index in [0.717, 1.165) is 26.1 Å². The lowest BCUT2D eigenvalue weighted by molar-refractivity contribution is -0.141. The van der Waals surface area contributed by atoms with Gasteiger partial charge in [-0.1, -0.05) is 45.0 Å². The van der Waals surface area contributed by atoms with Crippen LogP contribution < -0.4 is 0 Å². The van der Waals surface area contributed by atoms with Gasteiger partial charge in [0, 0.05) is 13.0 Å². The zero-order valence-corrected chi connectivity index (χ0v) is 15.1. The van der Waals surface area contributed by atoms with Crippen LogP contribution in [0.1, 0.15) is 57.6 Å². The van der Waals surface area contributed by atoms with E-state index in [1.807, 2.05) is 0 Å². The molecule has 1 fully saturated rings. The molecule has 3 heteroatoms. The topological polar surface area (TPSA) is 29.5 Å². The molecule has 1 aliphatic heterocycles. The average molecular weight is 317 g/mol. The molecule has 1 aromatic carbocycles. The van der Waals surface area contributed by atoms with Crippen molar-refractivity contribution in [2.24, 2.45) is 5.92 Å². The molecule has 0 aromatic heterocycles. The first kappa shape index (κ1) is 18.0. The standard InChI is InChI=1S/C20H31NO2/c1-20(2,3)18-8-5-17(6-9-18)15-21-13-11-16(12-14-21)7-10-19(22)23-4/h5-6,8-9,16H,7,10-15H2,1-4H3. The highest BCUT2D eigenvalue weighted by Crippen LogP contribution is 2.25. The van der Waals surface area contributed by atoms with Crippen LogP contribution in [0.15, 0.2) is 24.3 Å². The summed E-state index contributed by atoms with van der Waals surface area (Å²) in [5.41, 5.74) is 3.00. The molecule has 0 saturated carbocycles. The summed E-state index contributed by atoms with van der Waals surface area (Å²) < 4.78 is 4.73. The molecule has 128 valence electrons. The molecule has 1 aliphatic rings. The molecule has 3 nitrogen and oxygen atoms in total. The van der Waals surface area contributed by atoms with Gasteiger partial charge in [-0.05, 0) is 54.8 Å². The van der Waals surface area contributed by atoms with E-state index in [1.165, 1.54) is 31.1 Å². The summed E-state index contributed by atoms with van der Waals surface area (Å²) in [5, 5.41) is 0. The van der Waals surface area contributed by atoms with Gasteiger partial charge in [-0.25, -0.2) is 0 Å². The van der Waals surface area contributed by atoms with Crippen molar-refractivity contribution in [1.29, 1.82) is 0 Å². The Kier molecular flexibility index (Phi) is 6.23. The minimum atomic E-state index is -0.0774. The lowest BCUT2D eigenvalue weighted by Gasteiger charge is -2.32. The van der Waals surface area contributed by atoms with Gasteiger partial charge >= 0.3 is 5.97 Å². The van der Waals surface area contributed by atoms with Gasteiger partial charge in [0.15, 0.2) is 0 Å². The number of ether oxygens (including phenoxy) is 1. The summed E-state index contributed by atoms with van der Waals surface area (Å²) in [4.78, 5) is 13.8. The quantitative estimate of drug-likeness (QED) is 0.764. The van der Waals surface area contributed by atoms with Gasteiger partial charge in [0.2, 0.25) is 0 Å². The number of nitrogens with zero attached hydrogens (tertiary/aromatic N) is 1. The second-order valence-electron chi connectivity index (χ2n) is 7.78. The minimum absolute atomic E-state index is 0.0774. The third-order valence-corrected chi connectivity index (χ3v) is 4.92. The summed E-state index contributed by atoms with van der Waals surface area (Å²) in [6.07, 6.45) is 3.92. The van der Waals surface area contributed by atoms with Crippen molar-refractivity contribution >= 4 is 5.97 Å². The monoisotopic (exact) mass is 317 g/mol. The predicted octanol–water partition coefficient (Wildman–Crippen LogP) is 4.15. The van der Waals surface area contributed by atoms with Crippen molar-refractivity contribution in [3.05, 3.63) is 35.4 Å². The van der Waals surface area contributed by atoms with E-state index < -0.39 is 0 Å². The maximum Gasteiger partial charge on any atom is 0.305 e. The van der Waals surface area contributed by atoms with Crippen LogP contribution in [0.5, 0.6) is 0 Å². The number of benzene rings is 1. The molecule has 23 heavy (non-hydrogen) atoms. The molecule has 1 saturated heterocycles. The van der Waals surface area contributed by atoms with Gasteiger partial charge in [0.05, 0.1) is 7.11 Å². The Morgan fingerprint density at radius 3 is 2.30 bits per heavy atom. The molecule has 0 N–H and O–H groups in total. The van der Waals surface area contributed by atoms with E-state index in [1.54, 1.807) is 0 Å². The fraction of sp³-hybridized carbons (Fsp3) is 0.650. The Bertz CT molecular complexity index is 493. The van der Waals surface area contributed by atoms with Crippen LogP contribution in [0.25, 0.3) is 0 Å². The molecule has 1 heterocycles. The molecule has 0 bridgehead atoms. The summed E-state index contributed by atoms with van der Waals surface area (Å²) in [6.45, 7) is 10.1. The Morgan fingerprint density at radius 1 is 1.17 bits per heavy atom. The minimum Gasteiger partial charge on any atom is -0.469 e. The van der Waals surface area contributed by atoms with Crippen molar-refractivity contribution in [2.45, 2.75) is 58.4 Å². The zero-order valence-electron chi connectivity index (χ0n) is 15.1. The number of hydrogen-bond acceptors (Lipinski definition) is 3. The predicted molar refractivity (Wildman–Crippen MR) is 94.4 cm³/mol. The van der Waals surface area contributed by atoms with Crippen LogP contribution in [0, 0.1) is 5.92 Å². The maximum atomic E-state index is 11.2. The second-order valence-corrected chi connectivity index (χ2v) is 7.78. The van der Waals surface area contributed by atoms with Crippen LogP contribution in [0.3, 0.4) is 0 Å². The van der Waals surface area contributed by atoms with Crippen molar-refractivity contribution in [2.75, 3.05) is 20.2 Å². The molecule has 0 aliphatic carbocycles. The smallest absolute Gasteiger partial charge is 0.305 e. The highest BCUT2D eigenvalue weighted by atomic mass is 16.5. The van der Waals surface area contributed by atoms with Crippen molar-refractivity contribution in [1.82, 2.24) is 4.90 Å². The van der Waals surface area contributed by atoms with E-state index in [0.29, 0.717) is 12.3 Å². The van der Waals surface area contributed by atoms with Crippen LogP contribution >= 0.6 is 0 Å². The number of piperidine rings is 1. The lowest BCUT2D eigenvalue weighted by Crippen LogP contribution is -2.33. The van der Waals surface area contributed by atoms with Crippen molar-refractivity contribution in [3.63, 3.8) is 0 Å². The second kappa shape index (κ2) is 7.96. The fourth-order valence-corrected chi connectivity index (χ4v) is 3.23. The highest BCUT2D eigenvalue weighted by molar-refractivity contribution is 5.69. The third-order valence-electron chi connectivity index (χ3n) is 4.92. The Hall–Kier alpha value is -1.35. The molecule has 2 rings (SSSR count). The lowest BCUT2D eigenvalue weighted by atomic mass is 9.86. The number of carbonyl (C=O) groups is 1. The molecular weight excluding hydrogens is 286 g/mol. The first-order valence-corrected chi connectivity index (χ1v) is 8.77. The van der Waals surface area contributed by atoms with Crippen LogP contribution in [0.4, 0.5) is 0 Å². The van der Waals surface area contributed by atoms with Crippen LogP contribution in [-0.2, 0) is 21.5 Å². The average Bonchev–Trinajstić information content (AvgIpc) is 2.53. The number of carbonyl (C=O) groups excluding carboxylic acids is 1. The summed E-state index contributed by atoms with van der Waals surface area (Å²) in [6, 6.07) is 9.06. The Labute approximate surface area is 141 Å². The van der Waals surface area contributed by atoms with E-state index in [-0.39, 0.29) is 11.4 Å². The molecule has 1 aromatic rings. The van der Waals surface area contributed by atoms with Gasteiger partial charge in [0.1, 0.15) is 0 Å². The third kappa shape index (κ3) is 5.65. The summed E-state index contributed by atoms with van der Waals surface area (Å²) >= 11 is 0. The van der Waals surface area contributed by atoms with Crippen molar-refractivity contribution in [3.8, 4) is 0 Å². The number of methoxy groups -OCH3 is 1. The Balaban J connectivity index is 1.77. The van der Waals surface area contributed by atoms with Gasteiger partial charge in [-0.2, -0.15) is 0 Å². The van der Waals surface area contributed by atoms with Crippen LogP contribution in [-0.4, -0.2) is 31.1 Å². The molecule has 0 amide bonds. The molecule has 0 atom stereocenters. The molecule has 0 unspecified atom stereocenters. The fourth-order valence-electron chi connectivity index (χ4n) is 3.23. The van der Waals surface area contributed by atoms with Crippen LogP contribution in [0.2, 0.25) is 0 Å². The molecule has 0 radical (unpaired) electrons. The number of likely N-dealkylation sites (tertiary alicyclic amines) is 1. The number of esters is 1. The first-order chi connectivity index (χ1) is 10.9. The summed E-state index contributed by atoms with van der Waals surface area (Å²) in [5.74, 6) is 0.597. The highest BCUT2D eigenvalue weighted by Gasteiger charge is 2.20. The van der Waals surface area contributed by atoms with E-state index in [4.69, 9.17) is 4.74 Å². The number of hydrogen-bond donors (Lipinski definition) is 0. The number of rotatable bonds is 5. The largest absolute Gasteiger partial charge is 0.469 e. The normalized spacial score (nSPS) is 17.2. The van der Waals surface area contributed by atoms with E-state index >= 15 is 0 Å². The first-order valence-electron chi connectivity index (χ1n) is 8.77.